The van der Waals surface area contributed by atoms with E-state index in [4.69, 9.17) is 10.9 Å². The monoisotopic (exact) mass is 253 g/mol. The van der Waals surface area contributed by atoms with Gasteiger partial charge in [0.1, 0.15) is 5.82 Å². The Bertz CT molecular complexity index is 474. The molecule has 0 bridgehead atoms. The number of aryl methyl sites for hydroxylation is 1. The van der Waals surface area contributed by atoms with Crippen molar-refractivity contribution in [1.82, 2.24) is 5.32 Å². The molecular weight excluding hydrogens is 237 g/mol. The maximum absolute atomic E-state index is 12.9. The summed E-state index contributed by atoms with van der Waals surface area (Å²) < 4.78 is 12.9. The van der Waals surface area contributed by atoms with E-state index in [9.17, 15) is 9.18 Å². The van der Waals surface area contributed by atoms with Gasteiger partial charge >= 0.3 is 0 Å². The van der Waals surface area contributed by atoms with Crippen LogP contribution in [0.1, 0.15) is 29.3 Å². The third kappa shape index (κ3) is 3.19. The molecule has 1 atom stereocenters. The highest BCUT2D eigenvalue weighted by molar-refractivity contribution is 5.99. The van der Waals surface area contributed by atoms with Crippen LogP contribution in [-0.4, -0.2) is 23.0 Å². The predicted octanol–water partition coefficient (Wildman–Crippen LogP) is 1.39. The summed E-state index contributed by atoms with van der Waals surface area (Å²) in [6, 6.07) is 3.34. The van der Waals surface area contributed by atoms with Gasteiger partial charge in [-0.15, -0.1) is 0 Å². The summed E-state index contributed by atoms with van der Waals surface area (Å²) in [5, 5.41) is 14.1. The summed E-state index contributed by atoms with van der Waals surface area (Å²) in [6.45, 7) is 3.43. The van der Waals surface area contributed by atoms with Crippen molar-refractivity contribution in [3.63, 3.8) is 0 Å². The molecule has 0 fully saturated rings. The molecule has 0 aromatic heterocycles. The number of hydrogen-bond acceptors (Lipinski definition) is 3. The van der Waals surface area contributed by atoms with Crippen LogP contribution in [0.3, 0.4) is 0 Å². The standard InChI is InChI=1S/C12H16FN3O2/c1-3-10(11(14)16-18)15-12(17)9-5-4-8(13)6-7(9)2/h4-6,10,18H,3H2,1-2H3,(H2,14,16)(H,15,17). The zero-order valence-electron chi connectivity index (χ0n) is 10.3. The van der Waals surface area contributed by atoms with Gasteiger partial charge in [-0.2, -0.15) is 0 Å². The minimum atomic E-state index is -0.549. The Kier molecular flexibility index (Phi) is 4.65. The van der Waals surface area contributed by atoms with Crippen molar-refractivity contribution >= 4 is 11.7 Å². The van der Waals surface area contributed by atoms with Gasteiger partial charge in [0.2, 0.25) is 0 Å². The Hall–Kier alpha value is -2.11. The third-order valence-electron chi connectivity index (χ3n) is 2.62. The number of carbonyl (C=O) groups is 1. The van der Waals surface area contributed by atoms with Crippen molar-refractivity contribution in [2.75, 3.05) is 0 Å². The van der Waals surface area contributed by atoms with Crippen molar-refractivity contribution in [2.24, 2.45) is 10.9 Å². The Morgan fingerprint density at radius 1 is 1.61 bits per heavy atom. The highest BCUT2D eigenvalue weighted by atomic mass is 19.1. The maximum atomic E-state index is 12.9. The number of amidine groups is 1. The van der Waals surface area contributed by atoms with Gasteiger partial charge in [0, 0.05) is 5.56 Å². The van der Waals surface area contributed by atoms with Crippen molar-refractivity contribution in [3.8, 4) is 0 Å². The highest BCUT2D eigenvalue weighted by Crippen LogP contribution is 2.10. The number of benzene rings is 1. The van der Waals surface area contributed by atoms with Crippen LogP contribution in [0.4, 0.5) is 4.39 Å². The number of nitrogens with zero attached hydrogens (tertiary/aromatic N) is 1. The van der Waals surface area contributed by atoms with Crippen LogP contribution in [0.2, 0.25) is 0 Å². The lowest BCUT2D eigenvalue weighted by molar-refractivity contribution is 0.0945. The van der Waals surface area contributed by atoms with Crippen molar-refractivity contribution < 1.29 is 14.4 Å². The van der Waals surface area contributed by atoms with Crippen LogP contribution in [0.25, 0.3) is 0 Å². The molecule has 1 aromatic carbocycles. The molecule has 5 nitrogen and oxygen atoms in total. The summed E-state index contributed by atoms with van der Waals surface area (Å²) >= 11 is 0. The van der Waals surface area contributed by atoms with Crippen molar-refractivity contribution in [3.05, 3.63) is 35.1 Å². The molecule has 0 radical (unpaired) electrons. The molecule has 0 aliphatic rings. The Morgan fingerprint density at radius 3 is 2.78 bits per heavy atom. The molecule has 6 heteroatoms. The van der Waals surface area contributed by atoms with E-state index in [1.54, 1.807) is 13.8 Å². The first kappa shape index (κ1) is 14.0. The molecular formula is C12H16FN3O2. The zero-order chi connectivity index (χ0) is 13.7. The molecule has 0 aliphatic carbocycles. The number of rotatable bonds is 4. The molecule has 0 heterocycles. The van der Waals surface area contributed by atoms with Gasteiger partial charge in [-0.3, -0.25) is 4.79 Å². The van der Waals surface area contributed by atoms with Crippen LogP contribution in [0, 0.1) is 12.7 Å². The summed E-state index contributed by atoms with van der Waals surface area (Å²) in [7, 11) is 0. The Balaban J connectivity index is 2.88. The fourth-order valence-corrected chi connectivity index (χ4v) is 1.57. The number of oxime groups is 1. The lowest BCUT2D eigenvalue weighted by Crippen LogP contribution is -2.44. The van der Waals surface area contributed by atoms with Gasteiger partial charge in [-0.05, 0) is 37.1 Å². The van der Waals surface area contributed by atoms with Crippen LogP contribution in [0.5, 0.6) is 0 Å². The number of halogens is 1. The molecule has 0 saturated carbocycles. The maximum Gasteiger partial charge on any atom is 0.252 e. The summed E-state index contributed by atoms with van der Waals surface area (Å²) in [5.74, 6) is -0.843. The van der Waals surface area contributed by atoms with E-state index < -0.39 is 11.9 Å². The second kappa shape index (κ2) is 6.00. The molecule has 1 aromatic rings. The summed E-state index contributed by atoms with van der Waals surface area (Å²) in [5.41, 5.74) is 6.33. The van der Waals surface area contributed by atoms with Crippen LogP contribution in [0.15, 0.2) is 23.4 Å². The van der Waals surface area contributed by atoms with Crippen molar-refractivity contribution in [1.29, 1.82) is 0 Å². The molecule has 98 valence electrons. The molecule has 18 heavy (non-hydrogen) atoms. The second-order valence-corrected chi connectivity index (χ2v) is 3.92. The first-order valence-corrected chi connectivity index (χ1v) is 5.54. The average Bonchev–Trinajstić information content (AvgIpc) is 2.34. The molecule has 1 unspecified atom stereocenters. The number of carbonyl (C=O) groups excluding carboxylic acids is 1. The third-order valence-corrected chi connectivity index (χ3v) is 2.62. The average molecular weight is 253 g/mol. The number of nitrogens with one attached hydrogen (secondary N) is 1. The molecule has 4 N–H and O–H groups in total. The van der Waals surface area contributed by atoms with E-state index in [2.05, 4.69) is 10.5 Å². The van der Waals surface area contributed by atoms with Gasteiger partial charge in [-0.1, -0.05) is 12.1 Å². The lowest BCUT2D eigenvalue weighted by Gasteiger charge is -2.16. The van der Waals surface area contributed by atoms with Crippen LogP contribution < -0.4 is 11.1 Å². The molecule has 0 aliphatic heterocycles. The van der Waals surface area contributed by atoms with E-state index in [0.29, 0.717) is 17.5 Å². The summed E-state index contributed by atoms with van der Waals surface area (Å²) in [6.07, 6.45) is 0.488. The largest absolute Gasteiger partial charge is 0.409 e. The Labute approximate surface area is 104 Å². The molecule has 0 spiro atoms. The van der Waals surface area contributed by atoms with Gasteiger partial charge in [0.15, 0.2) is 5.84 Å². The van der Waals surface area contributed by atoms with E-state index in [1.807, 2.05) is 0 Å². The van der Waals surface area contributed by atoms with E-state index >= 15 is 0 Å². The minimum absolute atomic E-state index is 0.0642. The van der Waals surface area contributed by atoms with Gasteiger partial charge in [-0.25, -0.2) is 4.39 Å². The fraction of sp³-hybridized carbons (Fsp3) is 0.333. The minimum Gasteiger partial charge on any atom is -0.409 e. The zero-order valence-corrected chi connectivity index (χ0v) is 10.3. The van der Waals surface area contributed by atoms with Crippen LogP contribution >= 0.6 is 0 Å². The second-order valence-electron chi connectivity index (χ2n) is 3.92. The first-order valence-electron chi connectivity index (χ1n) is 5.54. The topological polar surface area (TPSA) is 87.7 Å². The van der Waals surface area contributed by atoms with Gasteiger partial charge in [0.25, 0.3) is 5.91 Å². The highest BCUT2D eigenvalue weighted by Gasteiger charge is 2.17. The van der Waals surface area contributed by atoms with Crippen LogP contribution in [-0.2, 0) is 0 Å². The summed E-state index contributed by atoms with van der Waals surface area (Å²) in [4.78, 5) is 11.9. The van der Waals surface area contributed by atoms with Crippen molar-refractivity contribution in [2.45, 2.75) is 26.3 Å². The lowest BCUT2D eigenvalue weighted by atomic mass is 10.1. The quantitative estimate of drug-likeness (QED) is 0.328. The fourth-order valence-electron chi connectivity index (χ4n) is 1.57. The van der Waals surface area contributed by atoms with Gasteiger partial charge in [0.05, 0.1) is 6.04 Å². The normalized spacial score (nSPS) is 13.2. The smallest absolute Gasteiger partial charge is 0.252 e. The first-order chi connectivity index (χ1) is 8.49. The number of amides is 1. The number of nitrogens with two attached hydrogens (primary N) is 1. The molecule has 0 saturated heterocycles. The van der Waals surface area contributed by atoms with E-state index in [0.717, 1.165) is 0 Å². The molecule has 1 amide bonds. The van der Waals surface area contributed by atoms with E-state index in [1.165, 1.54) is 18.2 Å². The van der Waals surface area contributed by atoms with E-state index in [-0.39, 0.29) is 11.7 Å². The SMILES string of the molecule is CCC(NC(=O)c1ccc(F)cc1C)/C(N)=N/O. The predicted molar refractivity (Wildman–Crippen MR) is 66.1 cm³/mol. The Morgan fingerprint density at radius 2 is 2.28 bits per heavy atom. The molecule has 1 rings (SSSR count). The van der Waals surface area contributed by atoms with Gasteiger partial charge < -0.3 is 16.3 Å². The number of hydrogen-bond donors (Lipinski definition) is 3.